The zero-order valence-corrected chi connectivity index (χ0v) is 15.2. The third-order valence-corrected chi connectivity index (χ3v) is 4.42. The van der Waals surface area contributed by atoms with Crippen molar-refractivity contribution in [2.45, 2.75) is 18.9 Å². The van der Waals surface area contributed by atoms with Crippen LogP contribution >= 0.6 is 12.4 Å². The van der Waals surface area contributed by atoms with Gasteiger partial charge in [0.05, 0.1) is 0 Å². The monoisotopic (exact) mass is 367 g/mol. The normalized spacial score (nSPS) is 14.2. The van der Waals surface area contributed by atoms with Crippen molar-refractivity contribution in [3.8, 4) is 23.0 Å². The summed E-state index contributed by atoms with van der Waals surface area (Å²) in [5, 5.41) is 0. The highest BCUT2D eigenvalue weighted by molar-refractivity contribution is 5.85. The van der Waals surface area contributed by atoms with Crippen molar-refractivity contribution in [3.05, 3.63) is 84.4 Å². The summed E-state index contributed by atoms with van der Waals surface area (Å²) < 4.78 is 12.1. The maximum absolute atomic E-state index is 6.37. The van der Waals surface area contributed by atoms with Crippen LogP contribution in [0, 0.1) is 5.92 Å². The van der Waals surface area contributed by atoms with Gasteiger partial charge in [-0.15, -0.1) is 12.4 Å². The Balaban J connectivity index is 0.00000196. The first-order valence-corrected chi connectivity index (χ1v) is 8.65. The lowest BCUT2D eigenvalue weighted by Crippen LogP contribution is -2.12. The van der Waals surface area contributed by atoms with E-state index in [0.29, 0.717) is 17.4 Å². The van der Waals surface area contributed by atoms with Gasteiger partial charge in [-0.3, -0.25) is 0 Å². The summed E-state index contributed by atoms with van der Waals surface area (Å²) >= 11 is 0. The molecule has 3 aromatic rings. The fraction of sp³-hybridized carbons (Fsp3) is 0.182. The van der Waals surface area contributed by atoms with Gasteiger partial charge in [0.1, 0.15) is 11.5 Å². The molecule has 4 heteroatoms. The molecule has 0 aliphatic heterocycles. The molecule has 0 radical (unpaired) electrons. The Hall–Kier alpha value is -2.49. The third kappa shape index (κ3) is 4.37. The molecule has 1 fully saturated rings. The molecule has 2 N–H and O–H groups in total. The van der Waals surface area contributed by atoms with E-state index >= 15 is 0 Å². The number of para-hydroxylation sites is 2. The van der Waals surface area contributed by atoms with E-state index in [2.05, 4.69) is 0 Å². The second kappa shape index (κ2) is 8.26. The fourth-order valence-electron chi connectivity index (χ4n) is 2.85. The Kier molecular flexibility index (Phi) is 5.82. The molecule has 0 aromatic heterocycles. The second-order valence-corrected chi connectivity index (χ2v) is 6.40. The van der Waals surface area contributed by atoms with Gasteiger partial charge < -0.3 is 15.2 Å². The van der Waals surface area contributed by atoms with Crippen LogP contribution in [0.5, 0.6) is 23.0 Å². The average Bonchev–Trinajstić information content (AvgIpc) is 3.49. The summed E-state index contributed by atoms with van der Waals surface area (Å²) in [4.78, 5) is 0. The quantitative estimate of drug-likeness (QED) is 0.572. The van der Waals surface area contributed by atoms with Crippen molar-refractivity contribution >= 4 is 12.4 Å². The molecule has 1 saturated carbocycles. The molecule has 0 bridgehead atoms. The fourth-order valence-corrected chi connectivity index (χ4v) is 2.85. The van der Waals surface area contributed by atoms with Gasteiger partial charge in [0.2, 0.25) is 0 Å². The van der Waals surface area contributed by atoms with Crippen molar-refractivity contribution in [2.75, 3.05) is 0 Å². The van der Waals surface area contributed by atoms with E-state index in [0.717, 1.165) is 17.1 Å². The van der Waals surface area contributed by atoms with Crippen LogP contribution in [-0.2, 0) is 0 Å². The van der Waals surface area contributed by atoms with Gasteiger partial charge in [0, 0.05) is 6.04 Å². The molecular formula is C22H22ClNO2. The van der Waals surface area contributed by atoms with Crippen molar-refractivity contribution < 1.29 is 9.47 Å². The molecular weight excluding hydrogens is 346 g/mol. The van der Waals surface area contributed by atoms with Crippen LogP contribution in [-0.4, -0.2) is 0 Å². The van der Waals surface area contributed by atoms with Crippen molar-refractivity contribution in [3.63, 3.8) is 0 Å². The van der Waals surface area contributed by atoms with Gasteiger partial charge in [-0.2, -0.15) is 0 Å². The number of hydrogen-bond donors (Lipinski definition) is 1. The van der Waals surface area contributed by atoms with Gasteiger partial charge in [-0.25, -0.2) is 0 Å². The van der Waals surface area contributed by atoms with Crippen LogP contribution in [0.3, 0.4) is 0 Å². The average molecular weight is 368 g/mol. The predicted octanol–water partition coefficient (Wildman–Crippen LogP) is 6.10. The first kappa shape index (κ1) is 18.3. The largest absolute Gasteiger partial charge is 0.453 e. The minimum absolute atomic E-state index is 0. The third-order valence-electron chi connectivity index (χ3n) is 4.42. The zero-order chi connectivity index (χ0) is 17.1. The Morgan fingerprint density at radius 3 is 1.81 bits per heavy atom. The summed E-state index contributed by atoms with van der Waals surface area (Å²) in [6.07, 6.45) is 2.41. The van der Waals surface area contributed by atoms with Crippen molar-refractivity contribution in [1.82, 2.24) is 0 Å². The highest BCUT2D eigenvalue weighted by Crippen LogP contribution is 2.42. The molecule has 0 saturated heterocycles. The molecule has 1 aliphatic rings. The van der Waals surface area contributed by atoms with Gasteiger partial charge in [-0.05, 0) is 60.7 Å². The second-order valence-electron chi connectivity index (χ2n) is 6.40. The SMILES string of the molecule is Cl.N[C@H](c1ccc(Oc2ccccc2)c(Oc2ccccc2)c1)C1CC1. The van der Waals surface area contributed by atoms with Crippen LogP contribution < -0.4 is 15.2 Å². The molecule has 0 unspecified atom stereocenters. The molecule has 134 valence electrons. The molecule has 1 atom stereocenters. The zero-order valence-electron chi connectivity index (χ0n) is 14.4. The van der Waals surface area contributed by atoms with Crippen LogP contribution in [0.4, 0.5) is 0 Å². The topological polar surface area (TPSA) is 44.5 Å². The lowest BCUT2D eigenvalue weighted by molar-refractivity contribution is 0.417. The lowest BCUT2D eigenvalue weighted by Gasteiger charge is -2.16. The maximum atomic E-state index is 6.37. The number of nitrogens with two attached hydrogens (primary N) is 1. The Bertz CT molecular complexity index is 835. The summed E-state index contributed by atoms with van der Waals surface area (Å²) in [5.74, 6) is 3.51. The molecule has 3 aromatic carbocycles. The summed E-state index contributed by atoms with van der Waals surface area (Å²) in [7, 11) is 0. The van der Waals surface area contributed by atoms with E-state index in [1.54, 1.807) is 0 Å². The lowest BCUT2D eigenvalue weighted by atomic mass is 10.0. The number of hydrogen-bond acceptors (Lipinski definition) is 3. The van der Waals surface area contributed by atoms with Crippen molar-refractivity contribution in [1.29, 1.82) is 0 Å². The van der Waals surface area contributed by atoms with E-state index in [1.165, 1.54) is 12.8 Å². The highest BCUT2D eigenvalue weighted by Gasteiger charge is 2.30. The Labute approximate surface area is 160 Å². The van der Waals surface area contributed by atoms with E-state index in [4.69, 9.17) is 15.2 Å². The number of halogens is 1. The number of benzene rings is 3. The van der Waals surface area contributed by atoms with Crippen molar-refractivity contribution in [2.24, 2.45) is 11.7 Å². The first-order valence-electron chi connectivity index (χ1n) is 8.65. The minimum Gasteiger partial charge on any atom is -0.453 e. The molecule has 3 nitrogen and oxygen atoms in total. The number of rotatable bonds is 6. The van der Waals surface area contributed by atoms with E-state index < -0.39 is 0 Å². The van der Waals surface area contributed by atoms with E-state index in [1.807, 2.05) is 78.9 Å². The maximum Gasteiger partial charge on any atom is 0.170 e. The smallest absolute Gasteiger partial charge is 0.170 e. The molecule has 26 heavy (non-hydrogen) atoms. The van der Waals surface area contributed by atoms with Gasteiger partial charge >= 0.3 is 0 Å². The van der Waals surface area contributed by atoms with Crippen LogP contribution in [0.15, 0.2) is 78.9 Å². The highest BCUT2D eigenvalue weighted by atomic mass is 35.5. The minimum atomic E-state index is 0. The molecule has 0 heterocycles. The number of ether oxygens (including phenoxy) is 2. The summed E-state index contributed by atoms with van der Waals surface area (Å²) in [5.41, 5.74) is 7.46. The van der Waals surface area contributed by atoms with Crippen LogP contribution in [0.1, 0.15) is 24.4 Å². The van der Waals surface area contributed by atoms with Crippen LogP contribution in [0.2, 0.25) is 0 Å². The summed E-state index contributed by atoms with van der Waals surface area (Å²) in [6, 6.07) is 25.5. The van der Waals surface area contributed by atoms with Gasteiger partial charge in [-0.1, -0.05) is 42.5 Å². The molecule has 1 aliphatic carbocycles. The Morgan fingerprint density at radius 1 is 0.731 bits per heavy atom. The van der Waals surface area contributed by atoms with E-state index in [-0.39, 0.29) is 18.4 Å². The van der Waals surface area contributed by atoms with E-state index in [9.17, 15) is 0 Å². The summed E-state index contributed by atoms with van der Waals surface area (Å²) in [6.45, 7) is 0. The standard InChI is InChI=1S/C22H21NO2.ClH/c23-22(16-11-12-16)17-13-14-20(24-18-7-3-1-4-8-18)21(15-17)25-19-9-5-2-6-10-19;/h1-10,13-16,22H,11-12,23H2;1H/t22-;/m0./s1. The molecule has 4 rings (SSSR count). The molecule has 0 spiro atoms. The predicted molar refractivity (Wildman–Crippen MR) is 106 cm³/mol. The van der Waals surface area contributed by atoms with Gasteiger partial charge in [0.25, 0.3) is 0 Å². The Morgan fingerprint density at radius 2 is 1.27 bits per heavy atom. The van der Waals surface area contributed by atoms with Gasteiger partial charge in [0.15, 0.2) is 11.5 Å². The first-order chi connectivity index (χ1) is 12.3. The molecule has 0 amide bonds. The van der Waals surface area contributed by atoms with Crippen LogP contribution in [0.25, 0.3) is 0 Å².